The summed E-state index contributed by atoms with van der Waals surface area (Å²) in [5.41, 5.74) is -0.932. The molecule has 13 heteroatoms. The monoisotopic (exact) mass is 632 g/mol. The van der Waals surface area contributed by atoms with Gasteiger partial charge in [-0.3, -0.25) is 9.59 Å². The number of alkyl halides is 2. The van der Waals surface area contributed by atoms with E-state index in [0.717, 1.165) is 0 Å². The lowest BCUT2D eigenvalue weighted by Gasteiger charge is -2.35. The molecule has 6 atom stereocenters. The Morgan fingerprint density at radius 1 is 1.16 bits per heavy atom. The largest absolute Gasteiger partial charge is 0.497 e. The van der Waals surface area contributed by atoms with E-state index in [1.165, 1.54) is 18.9 Å². The highest BCUT2D eigenvalue weighted by atomic mass is 19.3. The van der Waals surface area contributed by atoms with Crippen LogP contribution in [0, 0.1) is 17.3 Å². The maximum absolute atomic E-state index is 15.8. The van der Waals surface area contributed by atoms with E-state index in [1.54, 1.807) is 18.2 Å². The highest BCUT2D eigenvalue weighted by Crippen LogP contribution is 2.40. The summed E-state index contributed by atoms with van der Waals surface area (Å²) in [7, 11) is 1.48. The van der Waals surface area contributed by atoms with Gasteiger partial charge in [0.05, 0.1) is 30.7 Å². The molecule has 0 radical (unpaired) electrons. The zero-order valence-electron chi connectivity index (χ0n) is 26.6. The summed E-state index contributed by atoms with van der Waals surface area (Å²) in [6.45, 7) is 7.70. The van der Waals surface area contributed by atoms with Crippen LogP contribution < -0.4 is 14.8 Å². The van der Waals surface area contributed by atoms with E-state index in [0.29, 0.717) is 31.4 Å². The lowest BCUT2D eigenvalue weighted by atomic mass is 9.85. The summed E-state index contributed by atoms with van der Waals surface area (Å²) >= 11 is 0. The van der Waals surface area contributed by atoms with Gasteiger partial charge in [0.2, 0.25) is 11.8 Å². The van der Waals surface area contributed by atoms with E-state index in [1.807, 2.05) is 27.7 Å². The van der Waals surface area contributed by atoms with Gasteiger partial charge in [-0.15, -0.1) is 0 Å². The van der Waals surface area contributed by atoms with E-state index in [2.05, 4.69) is 15.3 Å². The number of methoxy groups -OCH3 is 1. The number of amides is 2. The molecule has 0 unspecified atom stereocenters. The number of hydrogen-bond donors (Lipinski definition) is 1. The number of halogens is 2. The Morgan fingerprint density at radius 2 is 1.91 bits per heavy atom. The fraction of sp³-hybridized carbons (Fsp3) is 0.656. The van der Waals surface area contributed by atoms with E-state index in [-0.39, 0.29) is 42.0 Å². The smallest absolute Gasteiger partial charge is 0.408 e. The first-order valence-corrected chi connectivity index (χ1v) is 15.5. The zero-order valence-corrected chi connectivity index (χ0v) is 26.6. The molecule has 45 heavy (non-hydrogen) atoms. The van der Waals surface area contributed by atoms with Crippen LogP contribution in [0.5, 0.6) is 11.6 Å². The van der Waals surface area contributed by atoms with Gasteiger partial charge in [-0.05, 0) is 56.1 Å². The van der Waals surface area contributed by atoms with Crippen LogP contribution in [-0.2, 0) is 25.0 Å². The van der Waals surface area contributed by atoms with Gasteiger partial charge in [0, 0.05) is 18.6 Å². The Hall–Kier alpha value is -3.61. The quantitative estimate of drug-likeness (QED) is 0.514. The number of carbonyl (C=O) groups is 3. The molecule has 1 aromatic carbocycles. The van der Waals surface area contributed by atoms with Crippen molar-refractivity contribution in [3.63, 3.8) is 0 Å². The summed E-state index contributed by atoms with van der Waals surface area (Å²) in [5, 5.41) is 2.75. The predicted molar refractivity (Wildman–Crippen MR) is 159 cm³/mol. The van der Waals surface area contributed by atoms with Gasteiger partial charge in [0.25, 0.3) is 0 Å². The number of fused-ring (bicyclic) bond motifs is 5. The van der Waals surface area contributed by atoms with Crippen molar-refractivity contribution in [2.24, 2.45) is 17.3 Å². The van der Waals surface area contributed by atoms with Crippen LogP contribution >= 0.6 is 0 Å². The van der Waals surface area contributed by atoms with Crippen LogP contribution in [0.1, 0.15) is 66.0 Å². The molecule has 2 aromatic rings. The minimum Gasteiger partial charge on any atom is -0.497 e. The molecule has 1 saturated heterocycles. The number of ether oxygens (including phenoxy) is 4. The number of rotatable bonds is 3. The molecule has 11 nitrogen and oxygen atoms in total. The number of benzene rings is 1. The summed E-state index contributed by atoms with van der Waals surface area (Å²) in [4.78, 5) is 50.3. The number of ketones is 1. The normalized spacial score (nSPS) is 29.2. The molecule has 3 aliphatic rings. The average Bonchev–Trinajstić information content (AvgIpc) is 3.59. The van der Waals surface area contributed by atoms with E-state index in [9.17, 15) is 14.4 Å². The Bertz CT molecular complexity index is 1450. The predicted octanol–water partition coefficient (Wildman–Crippen LogP) is 4.64. The molecular weight excluding hydrogens is 590 g/mol. The number of nitrogens with zero attached hydrogens (tertiary/aromatic N) is 3. The summed E-state index contributed by atoms with van der Waals surface area (Å²) in [5.74, 6) is -4.74. The van der Waals surface area contributed by atoms with Crippen LogP contribution in [0.2, 0.25) is 0 Å². The molecule has 1 aliphatic carbocycles. The minimum atomic E-state index is -3.56. The fourth-order valence-electron chi connectivity index (χ4n) is 6.33. The van der Waals surface area contributed by atoms with Crippen LogP contribution in [0.25, 0.3) is 11.0 Å². The SMILES string of the molecule is CC[C@@H]1[C@@H]2CN(C(=O)[C@H](C(C)(C)C)NC(=O)O[C@@H]3C[C@H]3CCCOCC(F)(F)c3nc4ccc(OC)cc4nc3O2)[C@@H]1C(C)=O. The molecule has 5 rings (SSSR count). The highest BCUT2D eigenvalue weighted by Gasteiger charge is 2.51. The second-order valence-electron chi connectivity index (χ2n) is 13.3. The van der Waals surface area contributed by atoms with Gasteiger partial charge in [-0.1, -0.05) is 27.7 Å². The number of aromatic nitrogens is 2. The van der Waals surface area contributed by atoms with Gasteiger partial charge in [0.1, 0.15) is 30.6 Å². The van der Waals surface area contributed by atoms with Crippen molar-refractivity contribution in [3.05, 3.63) is 23.9 Å². The van der Waals surface area contributed by atoms with E-state index in [4.69, 9.17) is 18.9 Å². The third kappa shape index (κ3) is 6.97. The molecule has 2 aliphatic heterocycles. The zero-order chi connectivity index (χ0) is 32.7. The first-order chi connectivity index (χ1) is 21.2. The summed E-state index contributed by atoms with van der Waals surface area (Å²) < 4.78 is 54.2. The van der Waals surface area contributed by atoms with Crippen LogP contribution in [-0.4, -0.2) is 83.8 Å². The van der Waals surface area contributed by atoms with Crippen LogP contribution in [0.15, 0.2) is 18.2 Å². The van der Waals surface area contributed by atoms with Gasteiger partial charge in [0.15, 0.2) is 11.5 Å². The van der Waals surface area contributed by atoms with Gasteiger partial charge in [-0.2, -0.15) is 8.78 Å². The second kappa shape index (κ2) is 12.6. The second-order valence-corrected chi connectivity index (χ2v) is 13.3. The van der Waals surface area contributed by atoms with Crippen molar-refractivity contribution >= 4 is 28.8 Å². The lowest BCUT2D eigenvalue weighted by molar-refractivity contribution is -0.141. The van der Waals surface area contributed by atoms with Crippen molar-refractivity contribution in [1.29, 1.82) is 0 Å². The third-order valence-corrected chi connectivity index (χ3v) is 8.85. The Balaban J connectivity index is 1.58. The number of alkyl carbamates (subject to hydrolysis) is 1. The van der Waals surface area contributed by atoms with Crippen LogP contribution in [0.3, 0.4) is 0 Å². The first kappa shape index (κ1) is 32.8. The first-order valence-electron chi connectivity index (χ1n) is 15.5. The van der Waals surface area contributed by atoms with Crippen LogP contribution in [0.4, 0.5) is 13.6 Å². The Morgan fingerprint density at radius 3 is 2.58 bits per heavy atom. The molecule has 1 aromatic heterocycles. The van der Waals surface area contributed by atoms with Crippen molar-refractivity contribution in [2.75, 3.05) is 26.9 Å². The molecule has 2 fully saturated rings. The molecule has 2 bridgehead atoms. The Labute approximate surface area is 261 Å². The van der Waals surface area contributed by atoms with E-state index >= 15 is 8.78 Å². The number of Topliss-reactive ketones (excluding diaryl/α,β-unsaturated/α-hetero) is 1. The van der Waals surface area contributed by atoms with Crippen molar-refractivity contribution in [2.45, 2.75) is 90.5 Å². The molecule has 2 amide bonds. The third-order valence-electron chi connectivity index (χ3n) is 8.85. The van der Waals surface area contributed by atoms with Crippen molar-refractivity contribution in [3.8, 4) is 11.6 Å². The maximum Gasteiger partial charge on any atom is 0.408 e. The molecule has 1 saturated carbocycles. The van der Waals surface area contributed by atoms with Gasteiger partial charge < -0.3 is 29.2 Å². The highest BCUT2D eigenvalue weighted by molar-refractivity contribution is 5.92. The molecule has 1 N–H and O–H groups in total. The Kier molecular flexibility index (Phi) is 9.21. The number of hydrogen-bond acceptors (Lipinski definition) is 9. The summed E-state index contributed by atoms with van der Waals surface area (Å²) in [6, 6.07) is 2.78. The standard InChI is InChI=1S/C32H42F2N4O7/c1-7-20-24-15-38(25(20)17(2)39)29(40)27(31(3,4)5)37-30(41)45-23-13-18(23)9-8-12-43-16-32(33,34)26-28(44-24)36-22-14-19(42-6)10-11-21(22)35-26/h10-11,14,18,20,23-25,27H,7-9,12-13,15-16H2,1-6H3,(H,37,41)/t18-,20-,23-,24+,25-,27-/m1/s1. The average molecular weight is 633 g/mol. The molecular formula is C32H42F2N4O7. The van der Waals surface area contributed by atoms with Crippen molar-refractivity contribution < 1.29 is 42.1 Å². The van der Waals surface area contributed by atoms with E-state index < -0.39 is 65.6 Å². The molecule has 3 heterocycles. The van der Waals surface area contributed by atoms with Gasteiger partial charge >= 0.3 is 12.0 Å². The summed E-state index contributed by atoms with van der Waals surface area (Å²) in [6.07, 6.45) is 0.273. The maximum atomic E-state index is 15.8. The lowest BCUT2D eigenvalue weighted by Crippen LogP contribution is -2.57. The number of nitrogens with one attached hydrogen (secondary N) is 1. The number of carbonyl (C=O) groups excluding carboxylic acids is 3. The minimum absolute atomic E-state index is 0.0792. The topological polar surface area (TPSA) is 129 Å². The molecule has 246 valence electrons. The molecule has 0 spiro atoms. The van der Waals surface area contributed by atoms with Gasteiger partial charge in [-0.25, -0.2) is 14.8 Å². The van der Waals surface area contributed by atoms with Crippen molar-refractivity contribution in [1.82, 2.24) is 20.2 Å². The fourth-order valence-corrected chi connectivity index (χ4v) is 6.33.